The molecule has 1 aromatic rings. The smallest absolute Gasteiger partial charge is 0.0632 e. The molecule has 0 amide bonds. The molecule has 1 unspecified atom stereocenters. The Balaban J connectivity index is 2.23. The normalized spacial score (nSPS) is 22.8. The van der Waals surface area contributed by atoms with Crippen molar-refractivity contribution in [1.82, 2.24) is 0 Å². The van der Waals surface area contributed by atoms with Gasteiger partial charge >= 0.3 is 0 Å². The highest BCUT2D eigenvalue weighted by Gasteiger charge is 2.33. The Kier molecular flexibility index (Phi) is 4.96. The molecule has 0 radical (unpaired) electrons. The fourth-order valence-electron chi connectivity index (χ4n) is 2.03. The lowest BCUT2D eigenvalue weighted by molar-refractivity contribution is 0.305. The third-order valence-electron chi connectivity index (χ3n) is 3.44. The standard InChI is InChI=1S/C13H16Br2ClNS/c1-13(2)3-4-18-7-11(13)17-12-9(14)5-8(16)6-10(12)15/h5-6,11,17H,3-4,7H2,1-2H3. The summed E-state index contributed by atoms with van der Waals surface area (Å²) >= 11 is 15.2. The van der Waals surface area contributed by atoms with Gasteiger partial charge in [0.25, 0.3) is 0 Å². The summed E-state index contributed by atoms with van der Waals surface area (Å²) in [4.78, 5) is 0. The van der Waals surface area contributed by atoms with Crippen LogP contribution >= 0.6 is 55.2 Å². The molecule has 0 spiro atoms. The number of hydrogen-bond donors (Lipinski definition) is 1. The number of thioether (sulfide) groups is 1. The number of rotatable bonds is 2. The molecule has 1 N–H and O–H groups in total. The van der Waals surface area contributed by atoms with E-state index in [1.54, 1.807) is 0 Å². The van der Waals surface area contributed by atoms with Crippen molar-refractivity contribution in [2.75, 3.05) is 16.8 Å². The van der Waals surface area contributed by atoms with E-state index in [2.05, 4.69) is 51.0 Å². The van der Waals surface area contributed by atoms with Crippen molar-refractivity contribution in [1.29, 1.82) is 0 Å². The minimum absolute atomic E-state index is 0.323. The molecule has 1 atom stereocenters. The highest BCUT2D eigenvalue weighted by molar-refractivity contribution is 9.11. The van der Waals surface area contributed by atoms with Gasteiger partial charge in [-0.25, -0.2) is 0 Å². The molecule has 1 aliphatic rings. The Bertz CT molecular complexity index is 428. The number of benzene rings is 1. The molecular formula is C13H16Br2ClNS. The first kappa shape index (κ1) is 15.0. The number of nitrogens with one attached hydrogen (secondary N) is 1. The van der Waals surface area contributed by atoms with Gasteiger partial charge in [0.05, 0.1) is 5.69 Å². The summed E-state index contributed by atoms with van der Waals surface area (Å²) in [6.07, 6.45) is 1.25. The van der Waals surface area contributed by atoms with E-state index in [0.717, 1.165) is 25.4 Å². The second kappa shape index (κ2) is 5.94. The SMILES string of the molecule is CC1(C)CCSCC1Nc1c(Br)cc(Cl)cc1Br. The van der Waals surface area contributed by atoms with E-state index in [0.29, 0.717) is 11.5 Å². The van der Waals surface area contributed by atoms with Crippen LogP contribution < -0.4 is 5.32 Å². The van der Waals surface area contributed by atoms with Crippen LogP contribution in [-0.2, 0) is 0 Å². The zero-order valence-electron chi connectivity index (χ0n) is 10.4. The first-order valence-electron chi connectivity index (χ1n) is 5.89. The molecule has 1 fully saturated rings. The van der Waals surface area contributed by atoms with Crippen LogP contribution in [0.4, 0.5) is 5.69 Å². The molecule has 18 heavy (non-hydrogen) atoms. The van der Waals surface area contributed by atoms with E-state index in [9.17, 15) is 0 Å². The molecule has 1 nitrogen and oxygen atoms in total. The zero-order valence-corrected chi connectivity index (χ0v) is 15.1. The van der Waals surface area contributed by atoms with Gasteiger partial charge in [-0.15, -0.1) is 0 Å². The molecule has 100 valence electrons. The molecule has 0 aliphatic carbocycles. The topological polar surface area (TPSA) is 12.0 Å². The van der Waals surface area contributed by atoms with Gasteiger partial charge in [0.2, 0.25) is 0 Å². The molecule has 1 heterocycles. The van der Waals surface area contributed by atoms with Crippen molar-refractivity contribution in [3.63, 3.8) is 0 Å². The van der Waals surface area contributed by atoms with Gasteiger partial charge in [-0.3, -0.25) is 0 Å². The molecular weight excluding hydrogens is 397 g/mol. The molecule has 0 bridgehead atoms. The third-order valence-corrected chi connectivity index (χ3v) is 5.97. The lowest BCUT2D eigenvalue weighted by Gasteiger charge is -2.39. The number of halogens is 3. The van der Waals surface area contributed by atoms with Crippen LogP contribution in [-0.4, -0.2) is 17.5 Å². The fraction of sp³-hybridized carbons (Fsp3) is 0.538. The highest BCUT2D eigenvalue weighted by atomic mass is 79.9. The van der Waals surface area contributed by atoms with Crippen LogP contribution in [0.15, 0.2) is 21.1 Å². The number of hydrogen-bond acceptors (Lipinski definition) is 2. The van der Waals surface area contributed by atoms with Crippen LogP contribution in [0.5, 0.6) is 0 Å². The summed E-state index contributed by atoms with van der Waals surface area (Å²) in [7, 11) is 0. The third kappa shape index (κ3) is 3.38. The minimum Gasteiger partial charge on any atom is -0.379 e. The quantitative estimate of drug-likeness (QED) is 0.657. The molecule has 2 rings (SSSR count). The molecule has 0 aromatic heterocycles. The molecule has 0 saturated carbocycles. The van der Waals surface area contributed by atoms with Gasteiger partial charge in [-0.2, -0.15) is 11.8 Å². The summed E-state index contributed by atoms with van der Waals surface area (Å²) in [5, 5.41) is 4.39. The van der Waals surface area contributed by atoms with Gasteiger partial charge in [0.1, 0.15) is 0 Å². The number of anilines is 1. The van der Waals surface area contributed by atoms with Crippen LogP contribution in [0.2, 0.25) is 5.02 Å². The maximum absolute atomic E-state index is 6.03. The van der Waals surface area contributed by atoms with E-state index in [1.807, 2.05) is 23.9 Å². The summed E-state index contributed by atoms with van der Waals surface area (Å²) in [5.41, 5.74) is 1.42. The molecule has 1 aromatic carbocycles. The van der Waals surface area contributed by atoms with Crippen molar-refractivity contribution in [3.05, 3.63) is 26.1 Å². The average molecular weight is 414 g/mol. The van der Waals surface area contributed by atoms with Gasteiger partial charge in [-0.1, -0.05) is 25.4 Å². The summed E-state index contributed by atoms with van der Waals surface area (Å²) in [5.74, 6) is 2.41. The van der Waals surface area contributed by atoms with Crippen LogP contribution in [0.25, 0.3) is 0 Å². The Morgan fingerprint density at radius 3 is 2.50 bits per heavy atom. The van der Waals surface area contributed by atoms with Crippen molar-refractivity contribution >= 4 is 60.9 Å². The molecule has 1 aliphatic heterocycles. The van der Waals surface area contributed by atoms with Crippen LogP contribution in [0.1, 0.15) is 20.3 Å². The predicted octanol–water partition coefficient (Wildman–Crippen LogP) is 5.81. The lowest BCUT2D eigenvalue weighted by Crippen LogP contribution is -2.41. The zero-order chi connectivity index (χ0) is 13.3. The second-order valence-electron chi connectivity index (χ2n) is 5.25. The Morgan fingerprint density at radius 2 is 1.94 bits per heavy atom. The maximum Gasteiger partial charge on any atom is 0.0632 e. The molecule has 5 heteroatoms. The van der Waals surface area contributed by atoms with Crippen molar-refractivity contribution in [2.45, 2.75) is 26.3 Å². The van der Waals surface area contributed by atoms with Gasteiger partial charge in [0.15, 0.2) is 0 Å². The molecule has 1 saturated heterocycles. The highest BCUT2D eigenvalue weighted by Crippen LogP contribution is 2.40. The lowest BCUT2D eigenvalue weighted by atomic mass is 9.82. The fourth-order valence-corrected chi connectivity index (χ4v) is 5.53. The monoisotopic (exact) mass is 411 g/mol. The first-order chi connectivity index (χ1) is 8.40. The largest absolute Gasteiger partial charge is 0.379 e. The van der Waals surface area contributed by atoms with Crippen LogP contribution in [0, 0.1) is 5.41 Å². The van der Waals surface area contributed by atoms with E-state index < -0.39 is 0 Å². The van der Waals surface area contributed by atoms with Gasteiger partial charge in [0, 0.05) is 25.8 Å². The first-order valence-corrected chi connectivity index (χ1v) is 9.01. The van der Waals surface area contributed by atoms with Crippen molar-refractivity contribution in [3.8, 4) is 0 Å². The predicted molar refractivity (Wildman–Crippen MR) is 90.0 cm³/mol. The van der Waals surface area contributed by atoms with E-state index in [1.165, 1.54) is 12.2 Å². The van der Waals surface area contributed by atoms with E-state index >= 15 is 0 Å². The Labute approximate surface area is 135 Å². The van der Waals surface area contributed by atoms with Crippen molar-refractivity contribution < 1.29 is 0 Å². The summed E-state index contributed by atoms with van der Waals surface area (Å²) < 4.78 is 2.02. The Hall–Kier alpha value is 0.620. The second-order valence-corrected chi connectivity index (χ2v) is 8.55. The van der Waals surface area contributed by atoms with E-state index in [4.69, 9.17) is 11.6 Å². The Morgan fingerprint density at radius 1 is 1.33 bits per heavy atom. The minimum atomic E-state index is 0.323. The van der Waals surface area contributed by atoms with E-state index in [-0.39, 0.29) is 0 Å². The summed E-state index contributed by atoms with van der Waals surface area (Å²) in [6, 6.07) is 4.33. The summed E-state index contributed by atoms with van der Waals surface area (Å²) in [6.45, 7) is 4.67. The maximum atomic E-state index is 6.03. The van der Waals surface area contributed by atoms with Gasteiger partial charge < -0.3 is 5.32 Å². The van der Waals surface area contributed by atoms with Crippen molar-refractivity contribution in [2.24, 2.45) is 5.41 Å². The van der Waals surface area contributed by atoms with Crippen LogP contribution in [0.3, 0.4) is 0 Å². The average Bonchev–Trinajstić information content (AvgIpc) is 2.24. The van der Waals surface area contributed by atoms with Gasteiger partial charge in [-0.05, 0) is 61.6 Å².